The molecule has 0 rings (SSSR count). The third-order valence-electron chi connectivity index (χ3n) is 1.88. The van der Waals surface area contributed by atoms with Crippen LogP contribution in [0.3, 0.4) is 0 Å². The molecule has 0 bridgehead atoms. The van der Waals surface area contributed by atoms with Gasteiger partial charge in [0.25, 0.3) is 0 Å². The minimum Gasteiger partial charge on any atom is -0.545 e. The summed E-state index contributed by atoms with van der Waals surface area (Å²) in [6.07, 6.45) is 3.34. The van der Waals surface area contributed by atoms with Crippen molar-refractivity contribution in [1.82, 2.24) is 0 Å². The largest absolute Gasteiger partial charge is 0.545 e. The molecule has 0 atom stereocenters. The van der Waals surface area contributed by atoms with Gasteiger partial charge in [0.1, 0.15) is 11.2 Å². The van der Waals surface area contributed by atoms with Crippen LogP contribution in [-0.4, -0.2) is 41.2 Å². The maximum absolute atomic E-state index is 11.2. The minimum absolute atomic E-state index is 0.242. The smallest absolute Gasteiger partial charge is 0.331 e. The number of esters is 3. The second kappa shape index (κ2) is 11.9. The molecule has 0 aliphatic heterocycles. The molecule has 0 unspecified atom stereocenters. The summed E-state index contributed by atoms with van der Waals surface area (Å²) in [6.45, 7) is 13.9. The predicted octanol–water partition coefficient (Wildman–Crippen LogP) is 1.47. The summed E-state index contributed by atoms with van der Waals surface area (Å²) in [5, 5.41) is 9.78. The molecule has 0 saturated carbocycles. The van der Waals surface area contributed by atoms with E-state index in [2.05, 4.69) is 4.74 Å². The van der Waals surface area contributed by atoms with Gasteiger partial charge in [0.05, 0.1) is 12.1 Å². The van der Waals surface area contributed by atoms with Crippen LogP contribution in [-0.2, 0) is 33.4 Å². The molecule has 0 aliphatic rings. The van der Waals surface area contributed by atoms with E-state index in [0.717, 1.165) is 18.2 Å². The van der Waals surface area contributed by atoms with Gasteiger partial charge in [-0.15, -0.1) is 0 Å². The lowest BCUT2D eigenvalue weighted by Gasteiger charge is -2.19. The minimum atomic E-state index is -1.41. The van der Waals surface area contributed by atoms with Crippen molar-refractivity contribution < 1.29 is 38.5 Å². The van der Waals surface area contributed by atoms with Gasteiger partial charge < -0.3 is 24.1 Å². The molecule has 8 nitrogen and oxygen atoms in total. The maximum Gasteiger partial charge on any atom is 0.331 e. The normalized spacial score (nSPS) is 11.7. The molecule has 0 aromatic carbocycles. The van der Waals surface area contributed by atoms with Crippen LogP contribution in [0.25, 0.3) is 0 Å². The van der Waals surface area contributed by atoms with Crippen LogP contribution in [0.5, 0.6) is 0 Å². The van der Waals surface area contributed by atoms with Crippen LogP contribution < -0.4 is 5.11 Å². The van der Waals surface area contributed by atoms with Crippen molar-refractivity contribution in [1.29, 1.82) is 0 Å². The van der Waals surface area contributed by atoms with E-state index in [-0.39, 0.29) is 6.10 Å². The summed E-state index contributed by atoms with van der Waals surface area (Å²) in [6, 6.07) is 0. The van der Waals surface area contributed by atoms with Crippen molar-refractivity contribution in [2.24, 2.45) is 0 Å². The summed E-state index contributed by atoms with van der Waals surface area (Å²) in [5.74, 6) is -3.20. The molecule has 0 aliphatic carbocycles. The summed E-state index contributed by atoms with van der Waals surface area (Å²) in [4.78, 5) is 42.8. The second-order valence-corrected chi connectivity index (χ2v) is 7.54. The van der Waals surface area contributed by atoms with Gasteiger partial charge in [-0.2, -0.15) is 0 Å². The average molecular weight is 385 g/mol. The van der Waals surface area contributed by atoms with E-state index < -0.39 is 35.1 Å². The lowest BCUT2D eigenvalue weighted by Crippen LogP contribution is -2.24. The number of carbonyl (C=O) groups is 4. The molecule has 8 heteroatoms. The standard InChI is InChI=1S/C12H20O4.C7H10O4/c1-11(2,3)15-9(13)7-8-10(14)16-12(4,5)6;1-5(2)11-7(10)4-3-6(8)9/h7-8H,1-6H3;3-5H,1-2H3,(H,8,9)/p-1/b8-7+;4-3+. The van der Waals surface area contributed by atoms with Crippen molar-refractivity contribution in [2.45, 2.75) is 72.7 Å². The first kappa shape index (κ1) is 26.6. The zero-order chi connectivity index (χ0) is 21.8. The topological polar surface area (TPSA) is 119 Å². The van der Waals surface area contributed by atoms with Gasteiger partial charge >= 0.3 is 17.9 Å². The molecule has 0 aromatic heterocycles. The third-order valence-corrected chi connectivity index (χ3v) is 1.88. The summed E-state index contributed by atoms with van der Waals surface area (Å²) in [5.41, 5.74) is -1.12. The number of carbonyl (C=O) groups excluding carboxylic acids is 4. The summed E-state index contributed by atoms with van der Waals surface area (Å²) < 4.78 is 14.6. The molecule has 0 heterocycles. The second-order valence-electron chi connectivity index (χ2n) is 7.54. The molecular weight excluding hydrogens is 356 g/mol. The van der Waals surface area contributed by atoms with Crippen LogP contribution in [0.1, 0.15) is 55.4 Å². The van der Waals surface area contributed by atoms with Gasteiger partial charge in [0, 0.05) is 18.2 Å². The number of carboxylic acid groups (broad SMARTS) is 1. The number of rotatable bonds is 5. The zero-order valence-electron chi connectivity index (χ0n) is 17.2. The maximum atomic E-state index is 11.2. The molecular formula is C19H29O8-. The molecule has 0 amide bonds. The van der Waals surface area contributed by atoms with E-state index >= 15 is 0 Å². The van der Waals surface area contributed by atoms with Crippen molar-refractivity contribution in [2.75, 3.05) is 0 Å². The molecule has 0 fully saturated rings. The molecule has 0 N–H and O–H groups in total. The quantitative estimate of drug-likeness (QED) is 0.396. The number of carboxylic acids is 1. The van der Waals surface area contributed by atoms with Gasteiger partial charge in [-0.1, -0.05) is 0 Å². The Morgan fingerprint density at radius 2 is 1.04 bits per heavy atom. The Morgan fingerprint density at radius 3 is 1.30 bits per heavy atom. The Labute approximate surface area is 160 Å². The van der Waals surface area contributed by atoms with E-state index in [9.17, 15) is 24.3 Å². The number of ether oxygens (including phenoxy) is 3. The molecule has 0 radical (unpaired) electrons. The fourth-order valence-corrected chi connectivity index (χ4v) is 1.22. The Kier molecular flexibility index (Phi) is 11.7. The monoisotopic (exact) mass is 385 g/mol. The van der Waals surface area contributed by atoms with E-state index in [1.54, 1.807) is 55.4 Å². The summed E-state index contributed by atoms with van der Waals surface area (Å²) in [7, 11) is 0. The number of hydrogen-bond donors (Lipinski definition) is 0. The number of hydrogen-bond acceptors (Lipinski definition) is 8. The van der Waals surface area contributed by atoms with E-state index in [1.165, 1.54) is 0 Å². The Balaban J connectivity index is 0. The predicted molar refractivity (Wildman–Crippen MR) is 96.2 cm³/mol. The highest BCUT2D eigenvalue weighted by Crippen LogP contribution is 2.09. The van der Waals surface area contributed by atoms with Crippen LogP contribution in [0.15, 0.2) is 24.3 Å². The van der Waals surface area contributed by atoms with E-state index in [1.807, 2.05) is 0 Å². The highest BCUT2D eigenvalue weighted by atomic mass is 16.6. The Bertz CT molecular complexity index is 541. The summed E-state index contributed by atoms with van der Waals surface area (Å²) >= 11 is 0. The molecule has 27 heavy (non-hydrogen) atoms. The molecule has 154 valence electrons. The highest BCUT2D eigenvalue weighted by Gasteiger charge is 2.16. The highest BCUT2D eigenvalue weighted by molar-refractivity contribution is 5.92. The van der Waals surface area contributed by atoms with Crippen molar-refractivity contribution in [3.05, 3.63) is 24.3 Å². The first-order valence-corrected chi connectivity index (χ1v) is 8.25. The number of aliphatic carboxylic acids is 1. The first-order valence-electron chi connectivity index (χ1n) is 8.25. The van der Waals surface area contributed by atoms with Crippen LogP contribution >= 0.6 is 0 Å². The average Bonchev–Trinajstić information content (AvgIpc) is 2.39. The zero-order valence-corrected chi connectivity index (χ0v) is 17.2. The van der Waals surface area contributed by atoms with Crippen molar-refractivity contribution in [3.8, 4) is 0 Å². The van der Waals surface area contributed by atoms with Crippen LogP contribution in [0, 0.1) is 0 Å². The van der Waals surface area contributed by atoms with E-state index in [0.29, 0.717) is 6.08 Å². The van der Waals surface area contributed by atoms with Crippen LogP contribution in [0.2, 0.25) is 0 Å². The van der Waals surface area contributed by atoms with Crippen molar-refractivity contribution in [3.63, 3.8) is 0 Å². The molecule has 0 aromatic rings. The van der Waals surface area contributed by atoms with E-state index in [4.69, 9.17) is 9.47 Å². The van der Waals surface area contributed by atoms with Gasteiger partial charge in [-0.25, -0.2) is 14.4 Å². The molecule has 0 spiro atoms. The third kappa shape index (κ3) is 23.4. The van der Waals surface area contributed by atoms with Gasteiger partial charge in [-0.05, 0) is 61.5 Å². The van der Waals surface area contributed by atoms with Crippen LogP contribution in [0.4, 0.5) is 0 Å². The Morgan fingerprint density at radius 1 is 0.704 bits per heavy atom. The van der Waals surface area contributed by atoms with Gasteiger partial charge in [-0.3, -0.25) is 0 Å². The lowest BCUT2D eigenvalue weighted by atomic mass is 10.2. The molecule has 0 saturated heterocycles. The Hall–Kier alpha value is -2.64. The van der Waals surface area contributed by atoms with Crippen molar-refractivity contribution >= 4 is 23.9 Å². The first-order chi connectivity index (χ1) is 12.0. The fourth-order valence-electron chi connectivity index (χ4n) is 1.22. The van der Waals surface area contributed by atoms with Gasteiger partial charge in [0.15, 0.2) is 0 Å². The van der Waals surface area contributed by atoms with Gasteiger partial charge in [0.2, 0.25) is 0 Å². The lowest BCUT2D eigenvalue weighted by molar-refractivity contribution is -0.297. The SMILES string of the molecule is CC(C)(C)OC(=O)/C=C/C(=O)OC(C)(C)C.CC(C)OC(=O)/C=C/C(=O)[O-]. The fraction of sp³-hybridized carbons (Fsp3) is 0.579.